The van der Waals surface area contributed by atoms with Crippen LogP contribution < -0.4 is 10.1 Å². The second-order valence-electron chi connectivity index (χ2n) is 6.39. The second kappa shape index (κ2) is 9.56. The Hall–Kier alpha value is -2.47. The van der Waals surface area contributed by atoms with Crippen LogP contribution in [-0.2, 0) is 4.79 Å². The third-order valence-electron chi connectivity index (χ3n) is 4.32. The zero-order valence-corrected chi connectivity index (χ0v) is 17.1. The lowest BCUT2D eigenvalue weighted by Crippen LogP contribution is -2.39. The van der Waals surface area contributed by atoms with E-state index in [1.165, 1.54) is 46.7 Å². The van der Waals surface area contributed by atoms with Crippen molar-refractivity contribution in [2.45, 2.75) is 29.6 Å². The van der Waals surface area contributed by atoms with Crippen molar-refractivity contribution in [3.8, 4) is 5.75 Å². The number of amides is 1. The van der Waals surface area contributed by atoms with Crippen LogP contribution in [0.15, 0.2) is 34.0 Å². The third-order valence-corrected chi connectivity index (χ3v) is 6.32. The monoisotopic (exact) mass is 461 g/mol. The van der Waals surface area contributed by atoms with Crippen LogP contribution in [0.2, 0.25) is 0 Å². The van der Waals surface area contributed by atoms with E-state index >= 15 is 0 Å². The molecule has 2 heterocycles. The van der Waals surface area contributed by atoms with Crippen molar-refractivity contribution in [2.24, 2.45) is 0 Å². The van der Waals surface area contributed by atoms with Gasteiger partial charge in [0.25, 0.3) is 0 Å². The van der Waals surface area contributed by atoms with Crippen molar-refractivity contribution < 1.29 is 32.6 Å². The van der Waals surface area contributed by atoms with E-state index in [2.05, 4.69) is 15.0 Å². The molecule has 0 spiro atoms. The number of aromatic nitrogens is 1. The van der Waals surface area contributed by atoms with Crippen molar-refractivity contribution in [1.29, 1.82) is 0 Å². The molecule has 0 radical (unpaired) electrons. The van der Waals surface area contributed by atoms with Gasteiger partial charge in [0.1, 0.15) is 5.75 Å². The van der Waals surface area contributed by atoms with Crippen LogP contribution in [0.3, 0.4) is 0 Å². The van der Waals surface area contributed by atoms with Gasteiger partial charge in [-0.2, -0.15) is 0 Å². The molecule has 3 rings (SSSR count). The summed E-state index contributed by atoms with van der Waals surface area (Å²) >= 11 is 2.62. The Bertz CT molecular complexity index is 907. The van der Waals surface area contributed by atoms with Crippen LogP contribution in [0.1, 0.15) is 23.3 Å². The van der Waals surface area contributed by atoms with Crippen molar-refractivity contribution >= 4 is 40.7 Å². The molecule has 1 aromatic carbocycles. The van der Waals surface area contributed by atoms with Gasteiger partial charge in [-0.1, -0.05) is 17.8 Å². The summed E-state index contributed by atoms with van der Waals surface area (Å²) in [5.74, 6) is -0.818. The molecule has 0 unspecified atom stereocenters. The predicted octanol–water partition coefficient (Wildman–Crippen LogP) is 3.94. The normalized spacial score (nSPS) is 16.7. The first kappa shape index (κ1) is 22.2. The first-order valence-electron chi connectivity index (χ1n) is 8.92. The number of carboxylic acids is 1. The van der Waals surface area contributed by atoms with Gasteiger partial charge in [0, 0.05) is 48.4 Å². The number of carbonyl (C=O) groups is 2. The molecule has 0 bridgehead atoms. The van der Waals surface area contributed by atoms with Crippen LogP contribution in [0, 0.1) is 0 Å². The van der Waals surface area contributed by atoms with E-state index in [1.807, 2.05) is 0 Å². The number of hydrogen-bond acceptors (Lipinski definition) is 7. The fourth-order valence-electron chi connectivity index (χ4n) is 3.00. The zero-order chi connectivity index (χ0) is 21.7. The number of nitrogens with one attached hydrogen (secondary N) is 1. The molecule has 2 aromatic rings. The van der Waals surface area contributed by atoms with E-state index < -0.39 is 12.3 Å². The zero-order valence-electron chi connectivity index (χ0n) is 15.5. The summed E-state index contributed by atoms with van der Waals surface area (Å²) in [7, 11) is 0. The molecule has 1 amide bonds. The Balaban J connectivity index is 1.51. The average molecular weight is 461 g/mol. The van der Waals surface area contributed by atoms with Gasteiger partial charge in [-0.3, -0.25) is 4.79 Å². The lowest BCUT2D eigenvalue weighted by Gasteiger charge is -2.25. The fraction of sp³-hybridized carbons (Fsp3) is 0.389. The average Bonchev–Trinajstić information content (AvgIpc) is 3.27. The number of thioether (sulfide) groups is 1. The summed E-state index contributed by atoms with van der Waals surface area (Å²) in [6.07, 6.45) is -3.70. The van der Waals surface area contributed by atoms with Gasteiger partial charge in [0.15, 0.2) is 10.0 Å². The molecule has 162 valence electrons. The molecule has 2 N–H and O–H groups in total. The Kier molecular flexibility index (Phi) is 7.08. The standard InChI is InChI=1S/C18H18F3N3O4S2/c19-18(20,21)28-13-3-1-2-11(8-13)22-9-12-4-5-15(25)24(12)6-7-29-17-23-14(10-30-17)16(26)27/h1-3,8,10,12,22H,4-7,9H2,(H,26,27)/t12-/m1/s1. The van der Waals surface area contributed by atoms with Crippen LogP contribution in [0.25, 0.3) is 0 Å². The van der Waals surface area contributed by atoms with E-state index in [4.69, 9.17) is 5.11 Å². The van der Waals surface area contributed by atoms with Crippen LogP contribution in [-0.4, -0.2) is 58.1 Å². The van der Waals surface area contributed by atoms with Crippen molar-refractivity contribution in [1.82, 2.24) is 9.88 Å². The number of anilines is 1. The molecule has 0 saturated carbocycles. The van der Waals surface area contributed by atoms with E-state index in [-0.39, 0.29) is 23.4 Å². The molecule has 1 saturated heterocycles. The molecule has 1 fully saturated rings. The Labute approximate surface area is 178 Å². The maximum Gasteiger partial charge on any atom is 0.573 e. The molecular weight excluding hydrogens is 443 g/mol. The summed E-state index contributed by atoms with van der Waals surface area (Å²) in [4.78, 5) is 28.8. The lowest BCUT2D eigenvalue weighted by atomic mass is 10.2. The number of aromatic carboxylic acids is 1. The van der Waals surface area contributed by atoms with Gasteiger partial charge in [-0.25, -0.2) is 9.78 Å². The highest BCUT2D eigenvalue weighted by Crippen LogP contribution is 2.27. The lowest BCUT2D eigenvalue weighted by molar-refractivity contribution is -0.274. The second-order valence-corrected chi connectivity index (χ2v) is 8.59. The van der Waals surface area contributed by atoms with E-state index in [0.29, 0.717) is 41.7 Å². The minimum absolute atomic E-state index is 0.00133. The van der Waals surface area contributed by atoms with Crippen molar-refractivity contribution in [2.75, 3.05) is 24.2 Å². The topological polar surface area (TPSA) is 91.8 Å². The first-order chi connectivity index (χ1) is 14.2. The Morgan fingerprint density at radius 2 is 2.23 bits per heavy atom. The van der Waals surface area contributed by atoms with Gasteiger partial charge < -0.3 is 20.1 Å². The molecule has 7 nitrogen and oxygen atoms in total. The number of halogens is 3. The van der Waals surface area contributed by atoms with Crippen LogP contribution in [0.4, 0.5) is 18.9 Å². The van der Waals surface area contributed by atoms with E-state index in [0.717, 1.165) is 0 Å². The number of hydrogen-bond donors (Lipinski definition) is 2. The summed E-state index contributed by atoms with van der Waals surface area (Å²) in [5.41, 5.74) is 0.466. The summed E-state index contributed by atoms with van der Waals surface area (Å²) in [5, 5.41) is 13.4. The molecule has 1 atom stereocenters. The number of alkyl halides is 3. The maximum absolute atomic E-state index is 12.4. The fourth-order valence-corrected chi connectivity index (χ4v) is 4.81. The molecule has 0 aliphatic carbocycles. The highest BCUT2D eigenvalue weighted by molar-refractivity contribution is 8.01. The van der Waals surface area contributed by atoms with Crippen LogP contribution in [0.5, 0.6) is 5.75 Å². The largest absolute Gasteiger partial charge is 0.573 e. The first-order valence-corrected chi connectivity index (χ1v) is 10.8. The number of nitrogens with zero attached hydrogens (tertiary/aromatic N) is 2. The number of ether oxygens (including phenoxy) is 1. The highest BCUT2D eigenvalue weighted by atomic mass is 32.2. The van der Waals surface area contributed by atoms with Crippen LogP contribution >= 0.6 is 23.1 Å². The predicted molar refractivity (Wildman–Crippen MR) is 106 cm³/mol. The number of carbonyl (C=O) groups excluding carboxylic acids is 1. The van der Waals surface area contributed by atoms with E-state index in [9.17, 15) is 22.8 Å². The molecule has 30 heavy (non-hydrogen) atoms. The quantitative estimate of drug-likeness (QED) is 0.547. The highest BCUT2D eigenvalue weighted by Gasteiger charge is 2.32. The van der Waals surface area contributed by atoms with Gasteiger partial charge in [-0.05, 0) is 18.6 Å². The Morgan fingerprint density at radius 3 is 2.93 bits per heavy atom. The summed E-state index contributed by atoms with van der Waals surface area (Å²) in [6.45, 7) is 0.862. The number of likely N-dealkylation sites (tertiary alicyclic amines) is 1. The maximum atomic E-state index is 12.4. The van der Waals surface area contributed by atoms with Gasteiger partial charge in [0.2, 0.25) is 5.91 Å². The number of rotatable bonds is 9. The minimum atomic E-state index is -4.76. The van der Waals surface area contributed by atoms with Crippen molar-refractivity contribution in [3.05, 3.63) is 35.3 Å². The summed E-state index contributed by atoms with van der Waals surface area (Å²) in [6, 6.07) is 5.47. The number of thiazole rings is 1. The minimum Gasteiger partial charge on any atom is -0.476 e. The Morgan fingerprint density at radius 1 is 1.43 bits per heavy atom. The number of benzene rings is 1. The van der Waals surface area contributed by atoms with Gasteiger partial charge in [0.05, 0.1) is 0 Å². The SMILES string of the molecule is O=C(O)c1csc(SCCN2C(=O)CC[C@@H]2CNc2cccc(OC(F)(F)F)c2)n1. The molecule has 1 aromatic heterocycles. The van der Waals surface area contributed by atoms with Crippen molar-refractivity contribution in [3.63, 3.8) is 0 Å². The molecule has 1 aliphatic heterocycles. The molecule has 12 heteroatoms. The van der Waals surface area contributed by atoms with E-state index in [1.54, 1.807) is 11.0 Å². The third kappa shape index (κ3) is 6.26. The van der Waals surface area contributed by atoms with Gasteiger partial charge >= 0.3 is 12.3 Å². The number of carboxylic acid groups (broad SMARTS) is 1. The molecule has 1 aliphatic rings. The molecular formula is C18H18F3N3O4S2. The summed E-state index contributed by atoms with van der Waals surface area (Å²) < 4.78 is 41.6. The van der Waals surface area contributed by atoms with Gasteiger partial charge in [-0.15, -0.1) is 24.5 Å². The smallest absolute Gasteiger partial charge is 0.476 e.